The van der Waals surface area contributed by atoms with Gasteiger partial charge in [0.25, 0.3) is 0 Å². The molecule has 0 saturated heterocycles. The second-order valence-electron chi connectivity index (χ2n) is 5.82. The third-order valence-electron chi connectivity index (χ3n) is 3.91. The fourth-order valence-corrected chi connectivity index (χ4v) is 2.82. The van der Waals surface area contributed by atoms with Gasteiger partial charge in [-0.1, -0.05) is 41.9 Å². The molecule has 0 saturated carbocycles. The number of nitrogens with zero attached hydrogens (tertiary/aromatic N) is 4. The molecule has 1 aliphatic heterocycles. The summed E-state index contributed by atoms with van der Waals surface area (Å²) in [7, 11) is 1.23. The van der Waals surface area contributed by atoms with Gasteiger partial charge in [-0.15, -0.1) is 0 Å². The molecule has 0 atom stereocenters. The lowest BCUT2D eigenvalue weighted by Crippen LogP contribution is -2.33. The number of carbonyl (C=O) groups excluding carboxylic acids is 2. The number of hydrogen-bond acceptors (Lipinski definition) is 6. The molecule has 0 aromatic heterocycles. The van der Waals surface area contributed by atoms with Crippen LogP contribution in [0, 0.1) is 0 Å². The lowest BCUT2D eigenvalue weighted by molar-refractivity contribution is -0.132. The van der Waals surface area contributed by atoms with Gasteiger partial charge >= 0.3 is 5.97 Å². The summed E-state index contributed by atoms with van der Waals surface area (Å²) in [6.45, 7) is 1.42. The molecule has 0 spiro atoms. The predicted octanol–water partition coefficient (Wildman–Crippen LogP) is 3.23. The van der Waals surface area contributed by atoms with E-state index in [0.29, 0.717) is 16.4 Å². The molecule has 28 heavy (non-hydrogen) atoms. The number of halogens is 1. The maximum absolute atomic E-state index is 12.1. The highest BCUT2D eigenvalue weighted by Gasteiger charge is 2.21. The van der Waals surface area contributed by atoms with E-state index in [4.69, 9.17) is 11.6 Å². The highest BCUT2D eigenvalue weighted by molar-refractivity contribution is 6.31. The van der Waals surface area contributed by atoms with Crippen LogP contribution in [0.3, 0.4) is 0 Å². The molecule has 0 radical (unpaired) electrons. The fourth-order valence-electron chi connectivity index (χ4n) is 2.65. The molecule has 142 valence electrons. The Morgan fingerprint density at radius 3 is 2.64 bits per heavy atom. The van der Waals surface area contributed by atoms with E-state index >= 15 is 0 Å². The molecule has 0 unspecified atom stereocenters. The number of hydrazone groups is 1. The van der Waals surface area contributed by atoms with Crippen molar-refractivity contribution in [2.45, 2.75) is 6.92 Å². The molecular weight excluding hydrogens is 380 g/mol. The smallest absolute Gasteiger partial charge is 0.350 e. The number of hydrogen-bond donors (Lipinski definition) is 0. The van der Waals surface area contributed by atoms with E-state index in [1.54, 1.807) is 18.2 Å². The van der Waals surface area contributed by atoms with E-state index in [2.05, 4.69) is 19.8 Å². The normalized spacial score (nSPS) is 13.2. The van der Waals surface area contributed by atoms with E-state index in [9.17, 15) is 9.59 Å². The first-order chi connectivity index (χ1) is 13.5. The predicted molar refractivity (Wildman–Crippen MR) is 109 cm³/mol. The Morgan fingerprint density at radius 1 is 1.21 bits per heavy atom. The molecule has 1 heterocycles. The lowest BCUT2D eigenvalue weighted by Gasteiger charge is -2.15. The van der Waals surface area contributed by atoms with Gasteiger partial charge in [0.15, 0.2) is 5.84 Å². The summed E-state index contributed by atoms with van der Waals surface area (Å²) in [5, 5.41) is 5.49. The van der Waals surface area contributed by atoms with Crippen LogP contribution in [0.5, 0.6) is 0 Å². The molecule has 2 aromatic rings. The fraction of sp³-hybridized carbons (Fsp3) is 0.150. The monoisotopic (exact) mass is 396 g/mol. The summed E-state index contributed by atoms with van der Waals surface area (Å²) < 4.78 is 4.53. The third kappa shape index (κ3) is 4.32. The Balaban J connectivity index is 2.09. The Labute approximate surface area is 167 Å². The van der Waals surface area contributed by atoms with Crippen molar-refractivity contribution >= 4 is 46.9 Å². The van der Waals surface area contributed by atoms with Crippen LogP contribution in [-0.2, 0) is 14.3 Å². The van der Waals surface area contributed by atoms with E-state index < -0.39 is 11.9 Å². The molecule has 7 nitrogen and oxygen atoms in total. The molecule has 0 fully saturated rings. The third-order valence-corrected chi connectivity index (χ3v) is 4.15. The van der Waals surface area contributed by atoms with E-state index in [0.717, 1.165) is 22.4 Å². The Hall–Kier alpha value is -3.32. The van der Waals surface area contributed by atoms with Crippen molar-refractivity contribution < 1.29 is 14.3 Å². The minimum atomic E-state index is -0.680. The largest absolute Gasteiger partial charge is 0.465 e. The summed E-state index contributed by atoms with van der Waals surface area (Å²) in [5.41, 5.74) is 2.94. The van der Waals surface area contributed by atoms with E-state index in [1.165, 1.54) is 14.0 Å². The minimum Gasteiger partial charge on any atom is -0.465 e. The number of esters is 1. The van der Waals surface area contributed by atoms with Gasteiger partial charge in [0.2, 0.25) is 5.91 Å². The van der Waals surface area contributed by atoms with Crippen molar-refractivity contribution in [1.29, 1.82) is 0 Å². The molecule has 3 rings (SSSR count). The highest BCUT2D eigenvalue weighted by atomic mass is 35.5. The van der Waals surface area contributed by atoms with Crippen LogP contribution in [-0.4, -0.2) is 48.3 Å². The number of amides is 1. The second-order valence-corrected chi connectivity index (χ2v) is 6.26. The van der Waals surface area contributed by atoms with Crippen molar-refractivity contribution in [3.63, 3.8) is 0 Å². The topological polar surface area (TPSA) is 83.7 Å². The number of aliphatic imine (C=N–C) groups is 2. The number of benzene rings is 2. The number of amidine groups is 1. The van der Waals surface area contributed by atoms with Crippen LogP contribution in [0.15, 0.2) is 63.6 Å². The van der Waals surface area contributed by atoms with Crippen molar-refractivity contribution in [2.75, 3.05) is 13.7 Å². The van der Waals surface area contributed by atoms with Crippen LogP contribution in [0.25, 0.3) is 0 Å². The van der Waals surface area contributed by atoms with Gasteiger partial charge < -0.3 is 4.74 Å². The van der Waals surface area contributed by atoms with Crippen molar-refractivity contribution in [1.82, 2.24) is 5.01 Å². The van der Waals surface area contributed by atoms with E-state index in [-0.39, 0.29) is 12.4 Å². The quantitative estimate of drug-likeness (QED) is 0.453. The minimum absolute atomic E-state index is 0.0919. The number of carbonyl (C=O) groups is 2. The number of fused-ring (bicyclic) bond motifs is 1. The number of rotatable bonds is 3. The number of methoxy groups -OCH3 is 1. The molecule has 2 aromatic carbocycles. The van der Waals surface area contributed by atoms with Gasteiger partial charge in [-0.2, -0.15) is 10.1 Å². The van der Waals surface area contributed by atoms with Gasteiger partial charge in [-0.25, -0.2) is 9.79 Å². The molecule has 0 bridgehead atoms. The molecular formula is C20H17ClN4O3. The first-order valence-electron chi connectivity index (χ1n) is 8.39. The van der Waals surface area contributed by atoms with Crippen LogP contribution < -0.4 is 0 Å². The summed E-state index contributed by atoms with van der Waals surface area (Å²) >= 11 is 6.19. The average molecular weight is 397 g/mol. The molecule has 8 heteroatoms. The zero-order valence-corrected chi connectivity index (χ0v) is 16.1. The highest BCUT2D eigenvalue weighted by Crippen LogP contribution is 2.29. The maximum atomic E-state index is 12.1. The first kappa shape index (κ1) is 19.4. The average Bonchev–Trinajstić information content (AvgIpc) is 2.87. The summed E-state index contributed by atoms with van der Waals surface area (Å²) in [4.78, 5) is 32.7. The van der Waals surface area contributed by atoms with Crippen LogP contribution in [0.4, 0.5) is 5.69 Å². The van der Waals surface area contributed by atoms with Gasteiger partial charge in [0.1, 0.15) is 6.21 Å². The van der Waals surface area contributed by atoms with Gasteiger partial charge in [0, 0.05) is 23.1 Å². The van der Waals surface area contributed by atoms with E-state index in [1.807, 2.05) is 30.3 Å². The number of ether oxygens (including phenoxy) is 1. The molecule has 0 aliphatic carbocycles. The zero-order valence-electron chi connectivity index (χ0n) is 15.3. The molecule has 1 amide bonds. The molecule has 0 N–H and O–H groups in total. The standard InChI is InChI=1S/C20H17ClN4O3/c1-13(26)25(23-12-19(27)28-2)18-11-22-20(14-6-4-3-5-7-14)16-10-15(21)8-9-17(16)24-18/h3-10,12H,11H2,1-2H3/b23-12-. The van der Waals surface area contributed by atoms with Crippen LogP contribution >= 0.6 is 11.6 Å². The Morgan fingerprint density at radius 2 is 1.96 bits per heavy atom. The molecule has 1 aliphatic rings. The van der Waals surface area contributed by atoms with Crippen molar-refractivity contribution in [3.05, 3.63) is 64.7 Å². The Bertz CT molecular complexity index is 1000. The lowest BCUT2D eigenvalue weighted by atomic mass is 10.0. The van der Waals surface area contributed by atoms with Crippen LogP contribution in [0.1, 0.15) is 18.1 Å². The summed E-state index contributed by atoms with van der Waals surface area (Å²) in [6.07, 6.45) is 0.916. The van der Waals surface area contributed by atoms with Crippen molar-refractivity contribution in [3.8, 4) is 0 Å². The van der Waals surface area contributed by atoms with Gasteiger partial charge in [-0.05, 0) is 18.2 Å². The summed E-state index contributed by atoms with van der Waals surface area (Å²) in [6, 6.07) is 14.9. The summed E-state index contributed by atoms with van der Waals surface area (Å²) in [5.74, 6) is -0.809. The van der Waals surface area contributed by atoms with Gasteiger partial charge in [-0.3, -0.25) is 9.79 Å². The zero-order chi connectivity index (χ0) is 20.1. The maximum Gasteiger partial charge on any atom is 0.350 e. The van der Waals surface area contributed by atoms with Crippen molar-refractivity contribution in [2.24, 2.45) is 15.1 Å². The Kier molecular flexibility index (Phi) is 5.96. The van der Waals surface area contributed by atoms with Gasteiger partial charge in [0.05, 0.1) is 25.1 Å². The van der Waals surface area contributed by atoms with Crippen LogP contribution in [0.2, 0.25) is 5.02 Å². The second kappa shape index (κ2) is 8.58. The first-order valence-corrected chi connectivity index (χ1v) is 8.77. The SMILES string of the molecule is COC(=O)/C=N\N(C(C)=O)C1=Nc2ccc(Cl)cc2C(c2ccccc2)=NC1.